The van der Waals surface area contributed by atoms with E-state index in [1.165, 1.54) is 0 Å². The molecule has 4 atom stereocenters. The van der Waals surface area contributed by atoms with Crippen LogP contribution in [-0.2, 0) is 9.59 Å². The SMILES string of the molecule is C[C@@H](c1ccccc1)[C@@H](C(=O)Nc1ccc(I)cc1Cl)N1C(=O)N[C@H](c2ccc(OC[C@H](O)CO)cc2)C1=O. The van der Waals surface area contributed by atoms with Gasteiger partial charge >= 0.3 is 6.03 Å². The maximum absolute atomic E-state index is 13.7. The van der Waals surface area contributed by atoms with Gasteiger partial charge in [0.2, 0.25) is 5.91 Å². The van der Waals surface area contributed by atoms with Crippen LogP contribution in [0, 0.1) is 3.57 Å². The van der Waals surface area contributed by atoms with E-state index < -0.39 is 48.6 Å². The number of aliphatic hydroxyl groups is 2. The number of nitrogens with zero attached hydrogens (tertiary/aromatic N) is 1. The summed E-state index contributed by atoms with van der Waals surface area (Å²) < 4.78 is 6.30. The van der Waals surface area contributed by atoms with E-state index in [9.17, 15) is 19.5 Å². The molecule has 0 saturated carbocycles. The minimum atomic E-state index is -1.16. The molecule has 1 heterocycles. The van der Waals surface area contributed by atoms with Crippen LogP contribution in [0.1, 0.15) is 30.0 Å². The first-order chi connectivity index (χ1) is 18.7. The third-order valence-corrected chi connectivity index (χ3v) is 7.36. The van der Waals surface area contributed by atoms with Crippen molar-refractivity contribution in [1.82, 2.24) is 10.2 Å². The molecule has 0 radical (unpaired) electrons. The van der Waals surface area contributed by atoms with Crippen LogP contribution in [0.15, 0.2) is 72.8 Å². The van der Waals surface area contributed by atoms with Crippen molar-refractivity contribution in [3.8, 4) is 5.75 Å². The van der Waals surface area contributed by atoms with Crippen LogP contribution in [0.4, 0.5) is 10.5 Å². The van der Waals surface area contributed by atoms with Crippen molar-refractivity contribution < 1.29 is 29.3 Å². The Morgan fingerprint density at radius 3 is 2.46 bits per heavy atom. The van der Waals surface area contributed by atoms with Gasteiger partial charge in [0.25, 0.3) is 5.91 Å². The van der Waals surface area contributed by atoms with E-state index in [1.54, 1.807) is 49.4 Å². The number of ether oxygens (including phenoxy) is 1. The third kappa shape index (κ3) is 6.70. The molecule has 4 N–H and O–H groups in total. The molecule has 9 nitrogen and oxygen atoms in total. The maximum atomic E-state index is 13.7. The molecule has 0 unspecified atom stereocenters. The minimum absolute atomic E-state index is 0.0958. The van der Waals surface area contributed by atoms with E-state index in [0.717, 1.165) is 14.0 Å². The summed E-state index contributed by atoms with van der Waals surface area (Å²) in [4.78, 5) is 41.5. The van der Waals surface area contributed by atoms with Crippen LogP contribution >= 0.6 is 34.2 Å². The van der Waals surface area contributed by atoms with Crippen LogP contribution in [0.3, 0.4) is 0 Å². The number of amides is 4. The first kappa shape index (κ1) is 28.8. The number of aliphatic hydroxyl groups excluding tert-OH is 2. The van der Waals surface area contributed by atoms with Crippen LogP contribution in [0.5, 0.6) is 5.75 Å². The third-order valence-electron chi connectivity index (χ3n) is 6.37. The molecule has 1 aliphatic rings. The number of nitrogens with one attached hydrogen (secondary N) is 2. The molecule has 4 amide bonds. The molecule has 1 fully saturated rings. The summed E-state index contributed by atoms with van der Waals surface area (Å²) in [6.07, 6.45) is -1.02. The smallest absolute Gasteiger partial charge is 0.325 e. The molecule has 0 aliphatic carbocycles. The van der Waals surface area contributed by atoms with Gasteiger partial charge in [-0.1, -0.05) is 61.0 Å². The van der Waals surface area contributed by atoms with Gasteiger partial charge in [0.05, 0.1) is 17.3 Å². The average molecular weight is 664 g/mol. The van der Waals surface area contributed by atoms with E-state index in [1.807, 2.05) is 30.3 Å². The average Bonchev–Trinajstić information content (AvgIpc) is 3.23. The molecule has 1 aliphatic heterocycles. The van der Waals surface area contributed by atoms with Crippen LogP contribution in [0.2, 0.25) is 5.02 Å². The second-order valence-corrected chi connectivity index (χ2v) is 10.7. The molecule has 0 bridgehead atoms. The minimum Gasteiger partial charge on any atom is -0.491 e. The molecule has 4 rings (SSSR count). The van der Waals surface area contributed by atoms with Crippen LogP contribution in [0.25, 0.3) is 0 Å². The molecule has 204 valence electrons. The highest BCUT2D eigenvalue weighted by Gasteiger charge is 2.47. The van der Waals surface area contributed by atoms with Crippen molar-refractivity contribution in [3.63, 3.8) is 0 Å². The van der Waals surface area contributed by atoms with Crippen molar-refractivity contribution in [1.29, 1.82) is 0 Å². The fourth-order valence-corrected chi connectivity index (χ4v) is 5.19. The first-order valence-electron chi connectivity index (χ1n) is 12.2. The number of benzene rings is 3. The monoisotopic (exact) mass is 663 g/mol. The number of anilines is 1. The summed E-state index contributed by atoms with van der Waals surface area (Å²) in [5.41, 5.74) is 1.65. The number of hydrogen-bond donors (Lipinski definition) is 4. The Kier molecular flexibility index (Phi) is 9.44. The summed E-state index contributed by atoms with van der Waals surface area (Å²) in [6, 6.07) is 17.9. The van der Waals surface area contributed by atoms with Crippen LogP contribution in [-0.4, -0.2) is 58.3 Å². The van der Waals surface area contributed by atoms with Gasteiger partial charge in [-0.05, 0) is 64.0 Å². The highest BCUT2D eigenvalue weighted by molar-refractivity contribution is 14.1. The van der Waals surface area contributed by atoms with Gasteiger partial charge in [-0.25, -0.2) is 9.69 Å². The number of imide groups is 1. The molecule has 0 aromatic heterocycles. The highest BCUT2D eigenvalue weighted by Crippen LogP contribution is 2.32. The van der Waals surface area contributed by atoms with E-state index in [2.05, 4.69) is 33.2 Å². The lowest BCUT2D eigenvalue weighted by atomic mass is 9.91. The fourth-order valence-electron chi connectivity index (χ4n) is 4.29. The molecule has 3 aromatic rings. The largest absolute Gasteiger partial charge is 0.491 e. The first-order valence-corrected chi connectivity index (χ1v) is 13.6. The van der Waals surface area contributed by atoms with Gasteiger partial charge in [0, 0.05) is 9.49 Å². The van der Waals surface area contributed by atoms with Gasteiger partial charge in [-0.2, -0.15) is 0 Å². The number of urea groups is 1. The molecule has 3 aromatic carbocycles. The fraction of sp³-hybridized carbons (Fsp3) is 0.250. The predicted octanol–water partition coefficient (Wildman–Crippen LogP) is 4.08. The van der Waals surface area contributed by atoms with Crippen molar-refractivity contribution >= 4 is 57.7 Å². The lowest BCUT2D eigenvalue weighted by Gasteiger charge is -2.30. The van der Waals surface area contributed by atoms with E-state index in [4.69, 9.17) is 21.4 Å². The number of hydrogen-bond acceptors (Lipinski definition) is 6. The Balaban J connectivity index is 1.60. The quantitative estimate of drug-likeness (QED) is 0.191. The Labute approximate surface area is 244 Å². The van der Waals surface area contributed by atoms with Crippen molar-refractivity contribution in [2.45, 2.75) is 31.0 Å². The number of rotatable bonds is 10. The Hall–Kier alpha value is -3.19. The summed E-state index contributed by atoms with van der Waals surface area (Å²) >= 11 is 8.45. The van der Waals surface area contributed by atoms with E-state index in [0.29, 0.717) is 22.0 Å². The van der Waals surface area contributed by atoms with Gasteiger partial charge in [0.1, 0.15) is 30.5 Å². The van der Waals surface area contributed by atoms with Crippen LogP contribution < -0.4 is 15.4 Å². The molecule has 0 spiro atoms. The molecular formula is C28H27ClIN3O6. The molecule has 39 heavy (non-hydrogen) atoms. The lowest BCUT2D eigenvalue weighted by Crippen LogP contribution is -2.50. The zero-order valence-electron chi connectivity index (χ0n) is 20.9. The number of halogens is 2. The van der Waals surface area contributed by atoms with Gasteiger partial charge in [-0.15, -0.1) is 0 Å². The van der Waals surface area contributed by atoms with Crippen molar-refractivity contribution in [2.24, 2.45) is 0 Å². The van der Waals surface area contributed by atoms with Gasteiger partial charge in [0.15, 0.2) is 0 Å². The summed E-state index contributed by atoms with van der Waals surface area (Å²) in [6.45, 7) is 1.26. The predicted molar refractivity (Wildman–Crippen MR) is 155 cm³/mol. The van der Waals surface area contributed by atoms with E-state index in [-0.39, 0.29) is 6.61 Å². The molecule has 1 saturated heterocycles. The Morgan fingerprint density at radius 1 is 1.13 bits per heavy atom. The Morgan fingerprint density at radius 2 is 1.82 bits per heavy atom. The topological polar surface area (TPSA) is 128 Å². The second kappa shape index (κ2) is 12.8. The lowest BCUT2D eigenvalue weighted by molar-refractivity contribution is -0.134. The molecular weight excluding hydrogens is 637 g/mol. The summed E-state index contributed by atoms with van der Waals surface area (Å²) in [5, 5.41) is 24.2. The van der Waals surface area contributed by atoms with Crippen molar-refractivity contribution in [3.05, 3.63) is 92.5 Å². The Bertz CT molecular complexity index is 1340. The molecule has 11 heteroatoms. The van der Waals surface area contributed by atoms with Gasteiger partial charge in [-0.3, -0.25) is 9.59 Å². The number of carbonyl (C=O) groups is 3. The summed E-state index contributed by atoms with van der Waals surface area (Å²) in [7, 11) is 0. The maximum Gasteiger partial charge on any atom is 0.325 e. The zero-order valence-corrected chi connectivity index (χ0v) is 23.8. The standard InChI is InChI=1S/C28H27ClIN3O6/c1-16(17-5-3-2-4-6-17)25(26(36)31-23-12-9-19(30)13-22(23)29)33-27(37)24(32-28(33)38)18-7-10-21(11-8-18)39-15-20(35)14-34/h2-13,16,20,24-25,34-35H,14-15H2,1H3,(H,31,36)(H,32,38)/t16-,20+,24+,25-/m0/s1. The summed E-state index contributed by atoms with van der Waals surface area (Å²) in [5.74, 6) is -1.23. The number of carbonyl (C=O) groups excluding carboxylic acids is 3. The highest BCUT2D eigenvalue weighted by atomic mass is 127. The zero-order chi connectivity index (χ0) is 28.1. The van der Waals surface area contributed by atoms with Gasteiger partial charge < -0.3 is 25.6 Å². The normalized spacial score (nSPS) is 17.4. The van der Waals surface area contributed by atoms with E-state index >= 15 is 0 Å². The second-order valence-electron chi connectivity index (χ2n) is 9.06. The van der Waals surface area contributed by atoms with Crippen molar-refractivity contribution in [2.75, 3.05) is 18.5 Å².